The van der Waals surface area contributed by atoms with Crippen LogP contribution in [0.4, 0.5) is 5.69 Å². The number of sulfonamides is 1. The maximum atomic E-state index is 12.5. The SMILES string of the molecule is CC(CC(=O)O)C(=O)N(C)C(CNS(=O)(=O)c1ccc([N+](=O)[O-])cc1)CC1CC1. The molecule has 2 unspecified atom stereocenters. The van der Waals surface area contributed by atoms with E-state index in [-0.39, 0.29) is 29.5 Å². The fourth-order valence-corrected chi connectivity index (χ4v) is 4.10. The van der Waals surface area contributed by atoms with Crippen LogP contribution in [0.15, 0.2) is 29.2 Å². The number of rotatable bonds is 11. The number of nitro benzene ring substituents is 1. The zero-order chi connectivity index (χ0) is 21.8. The molecule has 2 atom stereocenters. The minimum atomic E-state index is -3.92. The van der Waals surface area contributed by atoms with Gasteiger partial charge in [-0.15, -0.1) is 0 Å². The summed E-state index contributed by atoms with van der Waals surface area (Å²) in [6, 6.07) is 4.11. The van der Waals surface area contributed by atoms with Crippen LogP contribution in [0.3, 0.4) is 0 Å². The number of nitro groups is 1. The van der Waals surface area contributed by atoms with Gasteiger partial charge in [0.1, 0.15) is 0 Å². The van der Waals surface area contributed by atoms with E-state index in [0.29, 0.717) is 12.3 Å². The second-order valence-corrected chi connectivity index (χ2v) is 9.15. The normalized spacial score (nSPS) is 16.1. The number of amides is 1. The van der Waals surface area contributed by atoms with Crippen LogP contribution in [0, 0.1) is 22.0 Å². The van der Waals surface area contributed by atoms with Crippen LogP contribution < -0.4 is 4.72 Å². The Morgan fingerprint density at radius 3 is 2.38 bits per heavy atom. The van der Waals surface area contributed by atoms with Crippen molar-refractivity contribution in [1.29, 1.82) is 0 Å². The molecule has 1 saturated carbocycles. The number of non-ortho nitro benzene ring substituents is 1. The van der Waals surface area contributed by atoms with Gasteiger partial charge in [0.15, 0.2) is 0 Å². The molecule has 1 aromatic rings. The number of nitrogens with one attached hydrogen (secondary N) is 1. The van der Waals surface area contributed by atoms with Crippen molar-refractivity contribution < 1.29 is 28.0 Å². The molecule has 0 radical (unpaired) electrons. The van der Waals surface area contributed by atoms with Crippen LogP contribution >= 0.6 is 0 Å². The average Bonchev–Trinajstić information content (AvgIpc) is 3.47. The molecule has 1 aliphatic carbocycles. The lowest BCUT2D eigenvalue weighted by atomic mass is 10.0. The van der Waals surface area contributed by atoms with E-state index in [0.717, 1.165) is 37.1 Å². The maximum Gasteiger partial charge on any atom is 0.304 e. The standard InChI is InChI=1S/C18H25N3O7S/c1-12(9-17(22)23)18(24)20(2)15(10-13-3-4-13)11-19-29(27,28)16-7-5-14(6-8-16)21(25)26/h5-8,12-13,15,19H,3-4,9-11H2,1-2H3,(H,22,23). The van der Waals surface area contributed by atoms with Crippen molar-refractivity contribution in [2.75, 3.05) is 13.6 Å². The number of carboxylic acids is 1. The molecule has 11 heteroatoms. The third-order valence-corrected chi connectivity index (χ3v) is 6.41. The zero-order valence-corrected chi connectivity index (χ0v) is 17.1. The Bertz CT molecular complexity index is 866. The molecular weight excluding hydrogens is 402 g/mol. The minimum Gasteiger partial charge on any atom is -0.481 e. The molecule has 0 bridgehead atoms. The lowest BCUT2D eigenvalue weighted by molar-refractivity contribution is -0.384. The van der Waals surface area contributed by atoms with Gasteiger partial charge in [-0.2, -0.15) is 0 Å². The molecule has 2 N–H and O–H groups in total. The number of carboxylic acid groups (broad SMARTS) is 1. The quantitative estimate of drug-likeness (QED) is 0.403. The van der Waals surface area contributed by atoms with Gasteiger partial charge < -0.3 is 10.0 Å². The van der Waals surface area contributed by atoms with Crippen molar-refractivity contribution in [2.45, 2.75) is 43.5 Å². The predicted octanol–water partition coefficient (Wildman–Crippen LogP) is 1.61. The van der Waals surface area contributed by atoms with Crippen LogP contribution in [0.5, 0.6) is 0 Å². The number of likely N-dealkylation sites (N-methyl/N-ethyl adjacent to an activating group) is 1. The maximum absolute atomic E-state index is 12.5. The van der Waals surface area contributed by atoms with Crippen molar-refractivity contribution in [1.82, 2.24) is 9.62 Å². The summed E-state index contributed by atoms with van der Waals surface area (Å²) in [5.41, 5.74) is -0.215. The van der Waals surface area contributed by atoms with E-state index in [9.17, 15) is 28.1 Å². The largest absolute Gasteiger partial charge is 0.481 e. The Morgan fingerprint density at radius 1 is 1.31 bits per heavy atom. The Balaban J connectivity index is 2.08. The molecule has 1 fully saturated rings. The van der Waals surface area contributed by atoms with Crippen LogP contribution in [-0.4, -0.2) is 54.9 Å². The summed E-state index contributed by atoms with van der Waals surface area (Å²) < 4.78 is 27.5. The summed E-state index contributed by atoms with van der Waals surface area (Å²) in [6.07, 6.45) is 2.34. The van der Waals surface area contributed by atoms with Crippen molar-refractivity contribution in [3.63, 3.8) is 0 Å². The van der Waals surface area contributed by atoms with Gasteiger partial charge in [0.25, 0.3) is 5.69 Å². The van der Waals surface area contributed by atoms with Gasteiger partial charge >= 0.3 is 5.97 Å². The smallest absolute Gasteiger partial charge is 0.304 e. The lowest BCUT2D eigenvalue weighted by Crippen LogP contribution is -2.47. The highest BCUT2D eigenvalue weighted by atomic mass is 32.2. The Morgan fingerprint density at radius 2 is 1.90 bits per heavy atom. The van der Waals surface area contributed by atoms with Crippen LogP contribution in [0.2, 0.25) is 0 Å². The Hall–Kier alpha value is -2.53. The first-order valence-electron chi connectivity index (χ1n) is 9.24. The minimum absolute atomic E-state index is 0.0299. The fourth-order valence-electron chi connectivity index (χ4n) is 3.03. The molecule has 160 valence electrons. The number of hydrogen-bond acceptors (Lipinski definition) is 6. The predicted molar refractivity (Wildman–Crippen MR) is 104 cm³/mol. The second-order valence-electron chi connectivity index (χ2n) is 7.38. The fraction of sp³-hybridized carbons (Fsp3) is 0.556. The topological polar surface area (TPSA) is 147 Å². The van der Waals surface area contributed by atoms with Crippen molar-refractivity contribution >= 4 is 27.6 Å². The van der Waals surface area contributed by atoms with E-state index in [1.165, 1.54) is 11.8 Å². The second kappa shape index (κ2) is 9.31. The first-order chi connectivity index (χ1) is 13.5. The van der Waals surface area contributed by atoms with Gasteiger partial charge in [-0.1, -0.05) is 19.8 Å². The molecule has 0 spiro atoms. The summed E-state index contributed by atoms with van der Waals surface area (Å²) in [5.74, 6) is -1.73. The number of benzene rings is 1. The monoisotopic (exact) mass is 427 g/mol. The van der Waals surface area contributed by atoms with E-state index in [4.69, 9.17) is 5.11 Å². The molecule has 0 aromatic heterocycles. The highest BCUT2D eigenvalue weighted by Gasteiger charge is 2.32. The number of carbonyl (C=O) groups is 2. The van der Waals surface area contributed by atoms with Gasteiger partial charge in [0.2, 0.25) is 15.9 Å². The average molecular weight is 427 g/mol. The molecule has 29 heavy (non-hydrogen) atoms. The molecule has 10 nitrogen and oxygen atoms in total. The number of hydrogen-bond donors (Lipinski definition) is 2. The molecule has 1 amide bonds. The highest BCUT2D eigenvalue weighted by Crippen LogP contribution is 2.34. The van der Waals surface area contributed by atoms with Gasteiger partial charge in [-0.05, 0) is 24.5 Å². The van der Waals surface area contributed by atoms with Crippen molar-refractivity contribution in [2.24, 2.45) is 11.8 Å². The summed E-state index contributed by atoms with van der Waals surface area (Å²) in [4.78, 5) is 34.8. The van der Waals surface area contributed by atoms with Crippen molar-refractivity contribution in [3.8, 4) is 0 Å². The zero-order valence-electron chi connectivity index (χ0n) is 16.3. The number of aliphatic carboxylic acids is 1. The molecule has 2 rings (SSSR count). The molecule has 0 saturated heterocycles. The first-order valence-corrected chi connectivity index (χ1v) is 10.7. The molecular formula is C18H25N3O7S. The van der Waals surface area contributed by atoms with E-state index in [2.05, 4.69) is 4.72 Å². The molecule has 0 heterocycles. The summed E-state index contributed by atoms with van der Waals surface area (Å²) in [7, 11) is -2.37. The van der Waals surface area contributed by atoms with E-state index >= 15 is 0 Å². The van der Waals surface area contributed by atoms with Gasteiger partial charge in [-0.25, -0.2) is 13.1 Å². The van der Waals surface area contributed by atoms with Gasteiger partial charge in [0, 0.05) is 37.7 Å². The van der Waals surface area contributed by atoms with Crippen LogP contribution in [0.1, 0.15) is 32.6 Å². The van der Waals surface area contributed by atoms with Crippen LogP contribution in [0.25, 0.3) is 0 Å². The Kier molecular flexibility index (Phi) is 7.31. The first kappa shape index (κ1) is 22.8. The summed E-state index contributed by atoms with van der Waals surface area (Å²) in [5, 5.41) is 19.6. The third-order valence-electron chi connectivity index (χ3n) is 4.97. The lowest BCUT2D eigenvalue weighted by Gasteiger charge is -2.30. The van der Waals surface area contributed by atoms with Gasteiger partial charge in [-0.3, -0.25) is 19.7 Å². The van der Waals surface area contributed by atoms with Crippen molar-refractivity contribution in [3.05, 3.63) is 34.4 Å². The molecule has 0 aliphatic heterocycles. The van der Waals surface area contributed by atoms with E-state index in [1.54, 1.807) is 7.05 Å². The molecule has 1 aliphatic rings. The highest BCUT2D eigenvalue weighted by molar-refractivity contribution is 7.89. The van der Waals surface area contributed by atoms with E-state index in [1.807, 2.05) is 0 Å². The van der Waals surface area contributed by atoms with Crippen LogP contribution in [-0.2, 0) is 19.6 Å². The van der Waals surface area contributed by atoms with E-state index < -0.39 is 32.9 Å². The third kappa shape index (κ3) is 6.50. The number of carbonyl (C=O) groups excluding carboxylic acids is 1. The van der Waals surface area contributed by atoms with Gasteiger partial charge in [0.05, 0.1) is 16.2 Å². The summed E-state index contributed by atoms with van der Waals surface area (Å²) in [6.45, 7) is 1.50. The summed E-state index contributed by atoms with van der Waals surface area (Å²) >= 11 is 0. The number of nitrogens with zero attached hydrogens (tertiary/aromatic N) is 2. The molecule has 1 aromatic carbocycles. The Labute approximate surface area is 169 Å².